The van der Waals surface area contributed by atoms with Gasteiger partial charge in [0.25, 0.3) is 0 Å². The van der Waals surface area contributed by atoms with Crippen LogP contribution in [0.3, 0.4) is 0 Å². The standard InChI is InChI=1S/C53H35N3O/c54-52(56-53(41-15-5-2-6-16-41)55-34-35-12-3-1-4-13-35)40-29-27-38(28-30-40)44-20-11-21-47-49-33-48(45-18-9-10-19-46(45)51(49)57-50(44)47)39-25-22-37(23-26-39)43-31-24-36-14-7-8-17-42(36)32-43/h1-34,54H. The van der Waals surface area contributed by atoms with Gasteiger partial charge >= 0.3 is 0 Å². The number of hydrogen-bond donors (Lipinski definition) is 1. The van der Waals surface area contributed by atoms with Crippen LogP contribution in [0.4, 0.5) is 0 Å². The normalized spacial score (nSPS) is 12.0. The molecule has 10 rings (SSSR count). The number of furan rings is 1. The van der Waals surface area contributed by atoms with Crippen LogP contribution in [0.15, 0.2) is 215 Å². The minimum atomic E-state index is 0.136. The van der Waals surface area contributed by atoms with E-state index in [1.807, 2.05) is 84.9 Å². The summed E-state index contributed by atoms with van der Waals surface area (Å²) in [5.41, 5.74) is 10.9. The van der Waals surface area contributed by atoms with Gasteiger partial charge in [-0.05, 0) is 61.7 Å². The van der Waals surface area contributed by atoms with E-state index in [0.29, 0.717) is 11.4 Å². The second-order valence-corrected chi connectivity index (χ2v) is 14.2. The van der Waals surface area contributed by atoms with Crippen LogP contribution >= 0.6 is 0 Å². The van der Waals surface area contributed by atoms with E-state index in [4.69, 9.17) is 14.8 Å². The van der Waals surface area contributed by atoms with Crippen LogP contribution in [0.5, 0.6) is 0 Å². The number of nitrogens with one attached hydrogen (secondary N) is 1. The van der Waals surface area contributed by atoms with Crippen molar-refractivity contribution < 1.29 is 4.42 Å². The van der Waals surface area contributed by atoms with E-state index in [1.165, 1.54) is 27.5 Å². The Morgan fingerprint density at radius 2 is 1.02 bits per heavy atom. The molecule has 0 saturated heterocycles. The monoisotopic (exact) mass is 729 g/mol. The number of amidine groups is 2. The molecule has 0 aliphatic heterocycles. The van der Waals surface area contributed by atoms with Gasteiger partial charge in [-0.3, -0.25) is 5.41 Å². The van der Waals surface area contributed by atoms with Gasteiger partial charge in [0.1, 0.15) is 11.2 Å². The number of aliphatic imine (C=N–C) groups is 2. The molecule has 4 heteroatoms. The Kier molecular flexibility index (Phi) is 8.62. The van der Waals surface area contributed by atoms with Crippen molar-refractivity contribution in [3.05, 3.63) is 217 Å². The summed E-state index contributed by atoms with van der Waals surface area (Å²) in [6.07, 6.45) is 1.78. The molecule has 0 fully saturated rings. The highest BCUT2D eigenvalue weighted by Crippen LogP contribution is 2.42. The molecule has 1 heterocycles. The summed E-state index contributed by atoms with van der Waals surface area (Å²) >= 11 is 0. The number of nitrogens with zero attached hydrogens (tertiary/aromatic N) is 2. The van der Waals surface area contributed by atoms with Crippen LogP contribution in [-0.4, -0.2) is 17.9 Å². The van der Waals surface area contributed by atoms with E-state index in [2.05, 4.69) is 120 Å². The second kappa shape index (κ2) is 14.5. The highest BCUT2D eigenvalue weighted by molar-refractivity contribution is 6.21. The van der Waals surface area contributed by atoms with Crippen LogP contribution in [0.2, 0.25) is 0 Å². The van der Waals surface area contributed by atoms with Gasteiger partial charge in [0, 0.05) is 39.1 Å². The van der Waals surface area contributed by atoms with Crippen LogP contribution in [0.1, 0.15) is 16.7 Å². The third-order valence-corrected chi connectivity index (χ3v) is 10.6. The second-order valence-electron chi connectivity index (χ2n) is 14.2. The molecular formula is C53H35N3O. The van der Waals surface area contributed by atoms with E-state index in [0.717, 1.165) is 60.5 Å². The van der Waals surface area contributed by atoms with Gasteiger partial charge in [-0.1, -0.05) is 188 Å². The maximum atomic E-state index is 8.94. The Morgan fingerprint density at radius 1 is 0.421 bits per heavy atom. The third-order valence-electron chi connectivity index (χ3n) is 10.6. The lowest BCUT2D eigenvalue weighted by Gasteiger charge is -2.10. The van der Waals surface area contributed by atoms with E-state index >= 15 is 0 Å². The Morgan fingerprint density at radius 3 is 1.81 bits per heavy atom. The largest absolute Gasteiger partial charge is 0.455 e. The summed E-state index contributed by atoms with van der Waals surface area (Å²) in [5, 5.41) is 15.8. The molecule has 0 bridgehead atoms. The predicted molar refractivity (Wildman–Crippen MR) is 239 cm³/mol. The first kappa shape index (κ1) is 33.8. The average Bonchev–Trinajstić information content (AvgIpc) is 3.67. The van der Waals surface area contributed by atoms with Crippen molar-refractivity contribution in [2.75, 3.05) is 0 Å². The van der Waals surface area contributed by atoms with Crippen molar-refractivity contribution in [1.82, 2.24) is 0 Å². The van der Waals surface area contributed by atoms with Gasteiger partial charge in [-0.2, -0.15) is 0 Å². The smallest absolute Gasteiger partial charge is 0.161 e. The van der Waals surface area contributed by atoms with Gasteiger partial charge in [-0.15, -0.1) is 0 Å². The van der Waals surface area contributed by atoms with Crippen molar-refractivity contribution in [2.45, 2.75) is 0 Å². The molecule has 0 radical (unpaired) electrons. The lowest BCUT2D eigenvalue weighted by Crippen LogP contribution is -2.04. The molecule has 268 valence electrons. The molecule has 10 aromatic rings. The van der Waals surface area contributed by atoms with Crippen LogP contribution in [0.25, 0.3) is 76.9 Å². The lowest BCUT2D eigenvalue weighted by atomic mass is 9.93. The SMILES string of the molecule is N=C(N=C(N=Cc1ccccc1)c1ccccc1)c1ccc(-c2cccc3c2oc2c4ccccc4c(-c4ccc(-c5ccc6ccccc6c5)cc4)cc32)cc1. The van der Waals surface area contributed by atoms with E-state index < -0.39 is 0 Å². The molecule has 0 unspecified atom stereocenters. The molecule has 0 atom stereocenters. The molecule has 0 aliphatic rings. The van der Waals surface area contributed by atoms with Crippen LogP contribution in [0, 0.1) is 5.41 Å². The average molecular weight is 730 g/mol. The molecule has 0 aliphatic carbocycles. The fourth-order valence-corrected chi connectivity index (χ4v) is 7.71. The van der Waals surface area contributed by atoms with E-state index in [1.54, 1.807) is 6.21 Å². The first-order valence-corrected chi connectivity index (χ1v) is 19.1. The summed E-state index contributed by atoms with van der Waals surface area (Å²) in [4.78, 5) is 9.38. The Hall–Kier alpha value is -7.69. The first-order chi connectivity index (χ1) is 28.2. The summed E-state index contributed by atoms with van der Waals surface area (Å²) in [7, 11) is 0. The van der Waals surface area contributed by atoms with Crippen LogP contribution in [-0.2, 0) is 0 Å². The number of fused-ring (bicyclic) bond motifs is 6. The van der Waals surface area contributed by atoms with Gasteiger partial charge in [-0.25, -0.2) is 9.98 Å². The molecule has 4 nitrogen and oxygen atoms in total. The molecule has 0 saturated carbocycles. The van der Waals surface area contributed by atoms with Crippen molar-refractivity contribution in [2.24, 2.45) is 9.98 Å². The van der Waals surface area contributed by atoms with Crippen molar-refractivity contribution in [3.8, 4) is 33.4 Å². The predicted octanol–water partition coefficient (Wildman–Crippen LogP) is 13.8. The third kappa shape index (κ3) is 6.49. The Bertz CT molecular complexity index is 3160. The zero-order chi connectivity index (χ0) is 38.1. The topological polar surface area (TPSA) is 61.7 Å². The van der Waals surface area contributed by atoms with E-state index in [9.17, 15) is 0 Å². The van der Waals surface area contributed by atoms with Gasteiger partial charge in [0.15, 0.2) is 11.7 Å². The molecule has 57 heavy (non-hydrogen) atoms. The summed E-state index contributed by atoms with van der Waals surface area (Å²) < 4.78 is 6.82. The molecule has 1 N–H and O–H groups in total. The summed E-state index contributed by atoms with van der Waals surface area (Å²) in [5.74, 6) is 0.616. The minimum Gasteiger partial charge on any atom is -0.455 e. The maximum Gasteiger partial charge on any atom is 0.161 e. The first-order valence-electron chi connectivity index (χ1n) is 19.1. The molecular weight excluding hydrogens is 695 g/mol. The molecule has 0 amide bonds. The Labute approximate surface area is 330 Å². The number of rotatable bonds is 6. The minimum absolute atomic E-state index is 0.136. The van der Waals surface area contributed by atoms with Crippen molar-refractivity contribution in [3.63, 3.8) is 0 Å². The highest BCUT2D eigenvalue weighted by Gasteiger charge is 2.18. The Balaban J connectivity index is 0.997. The zero-order valence-electron chi connectivity index (χ0n) is 30.9. The lowest BCUT2D eigenvalue weighted by molar-refractivity contribution is 0.674. The quantitative estimate of drug-likeness (QED) is 0.134. The van der Waals surface area contributed by atoms with Crippen molar-refractivity contribution in [1.29, 1.82) is 5.41 Å². The number of benzene rings is 9. The zero-order valence-corrected chi connectivity index (χ0v) is 30.9. The summed E-state index contributed by atoms with van der Waals surface area (Å²) in [6.45, 7) is 0. The fraction of sp³-hybridized carbons (Fsp3) is 0. The van der Waals surface area contributed by atoms with Gasteiger partial charge in [0.05, 0.1) is 0 Å². The van der Waals surface area contributed by atoms with Crippen LogP contribution < -0.4 is 0 Å². The number of hydrogen-bond acceptors (Lipinski definition) is 2. The van der Waals surface area contributed by atoms with Gasteiger partial charge < -0.3 is 4.42 Å². The highest BCUT2D eigenvalue weighted by atomic mass is 16.3. The summed E-state index contributed by atoms with van der Waals surface area (Å²) in [6, 6.07) is 68.8. The molecule has 9 aromatic carbocycles. The molecule has 0 spiro atoms. The van der Waals surface area contributed by atoms with Crippen molar-refractivity contribution >= 4 is 61.4 Å². The maximum absolute atomic E-state index is 8.94. The number of para-hydroxylation sites is 1. The molecule has 1 aromatic heterocycles. The fourth-order valence-electron chi connectivity index (χ4n) is 7.71. The van der Waals surface area contributed by atoms with E-state index in [-0.39, 0.29) is 5.84 Å². The van der Waals surface area contributed by atoms with Gasteiger partial charge in [0.2, 0.25) is 0 Å².